The maximum atomic E-state index is 11.2. The SMILES string of the molecule is CC12CCC3c4ccc(O)cc4CCC3(N)C1CCC2O.CC[C-](C)C.[CH2-]CCCC(F)F.[CH3-].[Es]. The molecule has 209 valence electrons. The van der Waals surface area contributed by atoms with Crippen LogP contribution < -0.4 is 5.73 Å². The predicted octanol–water partition coefficient (Wildman–Crippen LogP) is 7.41. The zero-order valence-corrected chi connectivity index (χ0v) is 24.9. The van der Waals surface area contributed by atoms with E-state index < -0.39 is 6.43 Å². The van der Waals surface area contributed by atoms with Crippen LogP contribution in [0, 0.1) is 31.6 Å². The van der Waals surface area contributed by atoms with Crippen molar-refractivity contribution in [2.24, 2.45) is 17.1 Å². The average Bonchev–Trinajstić information content (AvgIpc) is 3.08. The van der Waals surface area contributed by atoms with Crippen molar-refractivity contribution >= 4 is 0 Å². The minimum absolute atomic E-state index is 0. The molecule has 3 aliphatic rings. The number of alkyl halides is 2. The molecule has 6 heteroatoms. The van der Waals surface area contributed by atoms with Crippen molar-refractivity contribution in [1.82, 2.24) is 0 Å². The normalized spacial score (nSPS) is 30.3. The number of halogens is 2. The van der Waals surface area contributed by atoms with Crippen LogP contribution in [0.5, 0.6) is 5.75 Å². The van der Waals surface area contributed by atoms with Crippen LogP contribution in [0.2, 0.25) is 0 Å². The minimum Gasteiger partial charge on any atom is -0.508 e. The molecule has 35 heavy (non-hydrogen) atoms. The maximum absolute atomic E-state index is 11.2. The van der Waals surface area contributed by atoms with Crippen LogP contribution in [0.1, 0.15) is 103 Å². The molecule has 4 rings (SSSR count). The molecule has 2 saturated carbocycles. The van der Waals surface area contributed by atoms with Gasteiger partial charge in [0, 0.05) is 17.9 Å². The Balaban J connectivity index is 0.000000701. The Morgan fingerprint density at radius 2 is 1.83 bits per heavy atom. The van der Waals surface area contributed by atoms with Gasteiger partial charge in [-0.1, -0.05) is 26.3 Å². The van der Waals surface area contributed by atoms with Gasteiger partial charge in [0.1, 0.15) is 5.75 Å². The second-order valence-electron chi connectivity index (χ2n) is 10.7. The molecule has 0 saturated heterocycles. The van der Waals surface area contributed by atoms with Gasteiger partial charge in [0.15, 0.2) is 0 Å². The van der Waals surface area contributed by atoms with E-state index in [1.54, 1.807) is 6.07 Å². The van der Waals surface area contributed by atoms with E-state index in [1.165, 1.54) is 23.5 Å². The van der Waals surface area contributed by atoms with Crippen LogP contribution in [0.4, 0.5) is 8.78 Å². The van der Waals surface area contributed by atoms with E-state index in [0.29, 0.717) is 30.4 Å². The summed E-state index contributed by atoms with van der Waals surface area (Å²) in [5.41, 5.74) is 9.39. The number of fused-ring (bicyclic) bond motifs is 5. The summed E-state index contributed by atoms with van der Waals surface area (Å²) in [7, 11) is 0. The molecule has 1 radical (unpaired) electrons. The zero-order chi connectivity index (χ0) is 24.8. The molecule has 0 aliphatic heterocycles. The van der Waals surface area contributed by atoms with Crippen LogP contribution in [-0.2, 0) is 6.42 Å². The van der Waals surface area contributed by atoms with E-state index in [-0.39, 0.29) is 30.9 Å². The predicted molar refractivity (Wildman–Crippen MR) is 139 cm³/mol. The van der Waals surface area contributed by atoms with Gasteiger partial charge >= 0.3 is 0 Å². The summed E-state index contributed by atoms with van der Waals surface area (Å²) in [6.45, 7) is 12.1. The summed E-state index contributed by atoms with van der Waals surface area (Å²) in [6.07, 6.45) is 6.03. The number of rotatable bonds is 4. The third kappa shape index (κ3) is 7.39. The third-order valence-corrected chi connectivity index (χ3v) is 8.26. The molecule has 0 amide bonds. The van der Waals surface area contributed by atoms with E-state index >= 15 is 0 Å². The number of phenols is 1. The smallest absolute Gasteiger partial charge is 0.238 e. The molecule has 1 aromatic rings. The van der Waals surface area contributed by atoms with E-state index in [2.05, 4.69) is 40.7 Å². The largest absolute Gasteiger partial charge is 0.508 e. The topological polar surface area (TPSA) is 66.5 Å². The van der Waals surface area contributed by atoms with Gasteiger partial charge < -0.3 is 36.2 Å². The van der Waals surface area contributed by atoms with E-state index in [0.717, 1.165) is 38.5 Å². The van der Waals surface area contributed by atoms with Crippen molar-refractivity contribution in [3.8, 4) is 5.75 Å². The Morgan fingerprint density at radius 1 is 1.20 bits per heavy atom. The fourth-order valence-corrected chi connectivity index (χ4v) is 6.00. The van der Waals surface area contributed by atoms with Gasteiger partial charge in [-0.05, 0) is 73.1 Å². The number of nitrogens with two attached hydrogens (primary N) is 1. The Labute approximate surface area is 207 Å². The van der Waals surface area contributed by atoms with Crippen molar-refractivity contribution in [2.75, 3.05) is 0 Å². The molecule has 0 spiro atoms. The van der Waals surface area contributed by atoms with Crippen LogP contribution in [0.3, 0.4) is 0 Å². The summed E-state index contributed by atoms with van der Waals surface area (Å²) in [5.74, 6) is 2.66. The fraction of sp³-hybridized carbons (Fsp3) is 0.690. The van der Waals surface area contributed by atoms with Crippen molar-refractivity contribution in [3.05, 3.63) is 49.6 Å². The van der Waals surface area contributed by atoms with Gasteiger partial charge in [0.25, 0.3) is 0 Å². The summed E-state index contributed by atoms with van der Waals surface area (Å²) < 4.78 is 22.4. The summed E-state index contributed by atoms with van der Waals surface area (Å²) in [4.78, 5) is 0. The van der Waals surface area contributed by atoms with Crippen molar-refractivity contribution in [3.63, 3.8) is 0 Å². The standard InChI is InChI=1S/C18H25NO2.C5H9F2.C5H11.CH3.Es/c1-17-8-7-14-13-3-2-12(20)10-11(13)6-9-18(14,19)15(17)4-5-16(17)21;1-2-3-4-5(6)7;1-4-5(2)3;;/h2-3,10,14-16,20-21H,4-9,19H2,1H3;5H,1-4H2;4H2,1-3H3;1H3;/q;3*-1;. The number of hydrogen-bond acceptors (Lipinski definition) is 3. The first-order chi connectivity index (χ1) is 15.5. The van der Waals surface area contributed by atoms with Gasteiger partial charge in [0.05, 0.1) is 6.10 Å². The van der Waals surface area contributed by atoms with E-state index in [4.69, 9.17) is 5.73 Å². The molecule has 5 unspecified atom stereocenters. The van der Waals surface area contributed by atoms with Crippen LogP contribution in [0.25, 0.3) is 0 Å². The number of unbranched alkanes of at least 4 members (excludes halogenated alkanes) is 1. The second-order valence-corrected chi connectivity index (χ2v) is 10.7. The molecule has 4 N–H and O–H groups in total. The summed E-state index contributed by atoms with van der Waals surface area (Å²) in [5, 5.41) is 20.1. The Kier molecular flexibility index (Phi) is 12.9. The third-order valence-electron chi connectivity index (χ3n) is 8.26. The van der Waals surface area contributed by atoms with Crippen molar-refractivity contribution in [2.45, 2.75) is 116 Å². The van der Waals surface area contributed by atoms with Gasteiger partial charge in [0.2, 0.25) is 6.43 Å². The number of hydrogen-bond donors (Lipinski definition) is 3. The van der Waals surface area contributed by atoms with Gasteiger partial charge in [-0.2, -0.15) is 26.7 Å². The molecule has 0 aromatic heterocycles. The summed E-state index contributed by atoms with van der Waals surface area (Å²) >= 11 is 0. The van der Waals surface area contributed by atoms with Crippen LogP contribution in [-0.4, -0.2) is 28.3 Å². The molecule has 0 bridgehead atoms. The Bertz CT molecular complexity index is 747. The molecule has 0 heterocycles. The molecular weight excluding hydrogens is 684 g/mol. The van der Waals surface area contributed by atoms with Gasteiger partial charge in [-0.25, -0.2) is 8.78 Å². The Hall–Kier alpha value is -2.20. The first-order valence-corrected chi connectivity index (χ1v) is 12.6. The first-order valence-electron chi connectivity index (χ1n) is 12.6. The van der Waals surface area contributed by atoms with Crippen LogP contribution in [0.15, 0.2) is 18.2 Å². The molecular formula is C29H48EsF2NO2-3. The monoisotopic (exact) mass is 732 g/mol. The zero-order valence-electron chi connectivity index (χ0n) is 22.3. The van der Waals surface area contributed by atoms with E-state index in [1.807, 2.05) is 6.07 Å². The number of aliphatic hydroxyl groups excluding tert-OH is 1. The van der Waals surface area contributed by atoms with Crippen molar-refractivity contribution in [1.29, 1.82) is 0 Å². The summed E-state index contributed by atoms with van der Waals surface area (Å²) in [6, 6.07) is 5.78. The first kappa shape index (κ1) is 32.8. The number of benzene rings is 1. The number of phenolic OH excluding ortho intramolecular Hbond substituents is 1. The number of aromatic hydroxyl groups is 1. The molecule has 5 atom stereocenters. The second kappa shape index (κ2) is 13.8. The van der Waals surface area contributed by atoms with Gasteiger partial charge in [-0.15, -0.1) is 0 Å². The fourth-order valence-electron chi connectivity index (χ4n) is 6.00. The van der Waals surface area contributed by atoms with Crippen molar-refractivity contribution < 1.29 is 19.0 Å². The van der Waals surface area contributed by atoms with E-state index in [9.17, 15) is 19.0 Å². The van der Waals surface area contributed by atoms with Crippen LogP contribution >= 0.6 is 0 Å². The minimum atomic E-state index is -2.14. The average molecular weight is 733 g/mol. The van der Waals surface area contributed by atoms with Gasteiger partial charge in [-0.3, -0.25) is 0 Å². The molecule has 2 fully saturated rings. The number of aryl methyl sites for hydroxylation is 1. The number of aliphatic hydroxyl groups is 1. The quantitative estimate of drug-likeness (QED) is 0.283. The molecule has 1 aromatic carbocycles. The molecule has 3 nitrogen and oxygen atoms in total. The maximum Gasteiger partial charge on any atom is 0.238 e. The Morgan fingerprint density at radius 3 is 2.34 bits per heavy atom. The molecule has 3 aliphatic carbocycles.